The van der Waals surface area contributed by atoms with Gasteiger partial charge in [-0.3, -0.25) is 14.1 Å². The molecule has 14 heteroatoms. The van der Waals surface area contributed by atoms with Crippen molar-refractivity contribution in [3.8, 4) is 34.0 Å². The van der Waals surface area contributed by atoms with Crippen molar-refractivity contribution in [2.24, 2.45) is 0 Å². The summed E-state index contributed by atoms with van der Waals surface area (Å²) < 4.78 is 89.1. The van der Waals surface area contributed by atoms with Crippen LogP contribution < -0.4 is 9.62 Å². The quantitative estimate of drug-likeness (QED) is 0.207. The first kappa shape index (κ1) is 30.4. The van der Waals surface area contributed by atoms with Crippen LogP contribution in [0, 0.1) is 5.82 Å². The fraction of sp³-hybridized carbons (Fsp3) is 0.182. The summed E-state index contributed by atoms with van der Waals surface area (Å²) in [4.78, 5) is 21.7. The van der Waals surface area contributed by atoms with E-state index in [9.17, 15) is 30.8 Å². The van der Waals surface area contributed by atoms with E-state index in [1.807, 2.05) is 16.7 Å². The van der Waals surface area contributed by atoms with E-state index in [0.29, 0.717) is 41.0 Å². The predicted molar refractivity (Wildman–Crippen MR) is 169 cm³/mol. The maximum Gasteiger partial charge on any atom is 0.433 e. The number of aromatic nitrogens is 3. The number of pyridine rings is 2. The minimum Gasteiger partial charge on any atom is -0.455 e. The SMILES string of the molecule is CNC(=O)c1c(-c2ccc(C(F)(F)F)nc2)oc2cc(N(C)S(C)(=O)=O)c(-c3ccc4c(n3)-c3cc5c(F)cccc5n3CC4)cc12. The number of amides is 1. The molecule has 0 fully saturated rings. The molecule has 0 radical (unpaired) electrons. The molecule has 7 rings (SSSR count). The molecule has 0 atom stereocenters. The van der Waals surface area contributed by atoms with Crippen LogP contribution in [0.3, 0.4) is 0 Å². The van der Waals surface area contributed by atoms with E-state index in [2.05, 4.69) is 10.3 Å². The first-order valence-electron chi connectivity index (χ1n) is 14.3. The molecule has 1 N–H and O–H groups in total. The van der Waals surface area contributed by atoms with Gasteiger partial charge in [0.1, 0.15) is 22.9 Å². The molecular weight excluding hydrogens is 638 g/mol. The molecule has 2 aromatic carbocycles. The van der Waals surface area contributed by atoms with Crippen LogP contribution in [-0.2, 0) is 29.2 Å². The Kier molecular flexibility index (Phi) is 6.90. The van der Waals surface area contributed by atoms with Gasteiger partial charge in [0.05, 0.1) is 40.1 Å². The second-order valence-corrected chi connectivity index (χ2v) is 13.2. The molecule has 0 spiro atoms. The van der Waals surface area contributed by atoms with Crippen LogP contribution in [0.5, 0.6) is 0 Å². The molecule has 0 aliphatic carbocycles. The highest BCUT2D eigenvalue weighted by atomic mass is 32.2. The second kappa shape index (κ2) is 10.7. The van der Waals surface area contributed by atoms with Gasteiger partial charge in [0.2, 0.25) is 10.0 Å². The van der Waals surface area contributed by atoms with Gasteiger partial charge in [-0.15, -0.1) is 0 Å². The Morgan fingerprint density at radius 3 is 2.53 bits per heavy atom. The van der Waals surface area contributed by atoms with Crippen LogP contribution in [0.4, 0.5) is 23.2 Å². The number of alkyl halides is 3. The Labute approximate surface area is 265 Å². The van der Waals surface area contributed by atoms with Crippen molar-refractivity contribution in [3.63, 3.8) is 0 Å². The van der Waals surface area contributed by atoms with Gasteiger partial charge in [-0.1, -0.05) is 12.1 Å². The van der Waals surface area contributed by atoms with Gasteiger partial charge < -0.3 is 14.3 Å². The van der Waals surface area contributed by atoms with Gasteiger partial charge in [-0.2, -0.15) is 13.2 Å². The number of fused-ring (bicyclic) bond motifs is 6. The molecule has 5 heterocycles. The Hall–Kier alpha value is -5.24. The lowest BCUT2D eigenvalue weighted by molar-refractivity contribution is -0.141. The minimum atomic E-state index is -4.67. The normalized spacial score (nSPS) is 13.1. The van der Waals surface area contributed by atoms with Crippen molar-refractivity contribution < 1.29 is 35.2 Å². The molecule has 4 aromatic heterocycles. The van der Waals surface area contributed by atoms with Crippen LogP contribution in [0.15, 0.2) is 71.3 Å². The van der Waals surface area contributed by atoms with Crippen molar-refractivity contribution in [1.82, 2.24) is 19.9 Å². The summed E-state index contributed by atoms with van der Waals surface area (Å²) in [6, 6.07) is 15.2. The zero-order valence-electron chi connectivity index (χ0n) is 25.1. The number of furan rings is 1. The van der Waals surface area contributed by atoms with Crippen molar-refractivity contribution in [1.29, 1.82) is 0 Å². The number of benzene rings is 2. The van der Waals surface area contributed by atoms with Gasteiger partial charge in [0, 0.05) is 54.8 Å². The van der Waals surface area contributed by atoms with Crippen LogP contribution in [-0.4, -0.2) is 49.2 Å². The summed E-state index contributed by atoms with van der Waals surface area (Å²) in [6.45, 7) is 0.621. The van der Waals surface area contributed by atoms with Crippen LogP contribution in [0.2, 0.25) is 0 Å². The molecule has 47 heavy (non-hydrogen) atoms. The summed E-state index contributed by atoms with van der Waals surface area (Å²) in [6.07, 6.45) is -2.03. The van der Waals surface area contributed by atoms with Crippen molar-refractivity contribution >= 4 is 43.5 Å². The lowest BCUT2D eigenvalue weighted by atomic mass is 9.99. The van der Waals surface area contributed by atoms with Crippen molar-refractivity contribution in [2.75, 3.05) is 24.7 Å². The third-order valence-corrected chi connectivity index (χ3v) is 9.60. The van der Waals surface area contributed by atoms with E-state index in [4.69, 9.17) is 9.40 Å². The molecule has 1 aliphatic rings. The standard InChI is InChI=1S/C33H25F4N5O4S/c1-38-32(43)29-21-13-20(23-9-7-17-11-12-42-24-6-4-5-22(34)19(24)14-26(42)30(17)40-23)25(41(2)47(3,44)45)15-27(21)46-31(29)18-8-10-28(39-16-18)33(35,36)37/h4-10,13-16H,11-12H2,1-3H3,(H,38,43). The maximum atomic E-state index is 14.7. The van der Waals surface area contributed by atoms with Crippen LogP contribution in [0.1, 0.15) is 21.6 Å². The molecule has 6 aromatic rings. The number of hydrogen-bond donors (Lipinski definition) is 1. The zero-order chi connectivity index (χ0) is 33.4. The second-order valence-electron chi connectivity index (χ2n) is 11.2. The van der Waals surface area contributed by atoms with Gasteiger partial charge in [-0.05, 0) is 54.4 Å². The Balaban J connectivity index is 1.47. The number of anilines is 1. The monoisotopic (exact) mass is 663 g/mol. The van der Waals surface area contributed by atoms with E-state index in [1.165, 1.54) is 26.2 Å². The number of aryl methyl sites for hydroxylation is 2. The summed E-state index contributed by atoms with van der Waals surface area (Å²) in [5.74, 6) is -0.986. The number of nitrogens with zero attached hydrogens (tertiary/aromatic N) is 4. The molecule has 240 valence electrons. The number of halogens is 4. The fourth-order valence-corrected chi connectivity index (χ4v) is 6.51. The maximum absolute atomic E-state index is 14.7. The highest BCUT2D eigenvalue weighted by molar-refractivity contribution is 7.92. The fourth-order valence-electron chi connectivity index (χ4n) is 6.01. The Morgan fingerprint density at radius 1 is 1.06 bits per heavy atom. The molecule has 1 aliphatic heterocycles. The molecule has 0 unspecified atom stereocenters. The minimum absolute atomic E-state index is 0.0208. The van der Waals surface area contributed by atoms with E-state index >= 15 is 0 Å². The Bertz CT molecular complexity index is 2360. The van der Waals surface area contributed by atoms with Gasteiger partial charge in [0.15, 0.2) is 0 Å². The van der Waals surface area contributed by atoms with E-state index in [1.54, 1.807) is 24.3 Å². The number of carbonyl (C=O) groups excluding carboxylic acids is 1. The molecule has 1 amide bonds. The van der Waals surface area contributed by atoms with E-state index < -0.39 is 27.8 Å². The largest absolute Gasteiger partial charge is 0.455 e. The third-order valence-electron chi connectivity index (χ3n) is 8.41. The summed E-state index contributed by atoms with van der Waals surface area (Å²) in [7, 11) is -1.05. The molecule has 9 nitrogen and oxygen atoms in total. The number of hydrogen-bond acceptors (Lipinski definition) is 6. The van der Waals surface area contributed by atoms with Crippen molar-refractivity contribution in [3.05, 3.63) is 89.5 Å². The first-order chi connectivity index (χ1) is 22.3. The summed E-state index contributed by atoms with van der Waals surface area (Å²) >= 11 is 0. The van der Waals surface area contributed by atoms with E-state index in [0.717, 1.165) is 40.0 Å². The lowest BCUT2D eigenvalue weighted by Crippen LogP contribution is -2.25. The van der Waals surface area contributed by atoms with Gasteiger partial charge in [0.25, 0.3) is 5.91 Å². The highest BCUT2D eigenvalue weighted by Gasteiger charge is 2.33. The number of carbonyl (C=O) groups is 1. The van der Waals surface area contributed by atoms with Crippen molar-refractivity contribution in [2.45, 2.75) is 19.1 Å². The van der Waals surface area contributed by atoms with Gasteiger partial charge in [-0.25, -0.2) is 17.8 Å². The highest BCUT2D eigenvalue weighted by Crippen LogP contribution is 2.43. The zero-order valence-corrected chi connectivity index (χ0v) is 25.9. The van der Waals surface area contributed by atoms with Crippen LogP contribution >= 0.6 is 0 Å². The number of rotatable bonds is 5. The molecule has 0 saturated heterocycles. The average Bonchev–Trinajstić information content (AvgIpc) is 3.62. The third kappa shape index (κ3) is 4.99. The molecule has 0 saturated carbocycles. The number of sulfonamides is 1. The van der Waals surface area contributed by atoms with Gasteiger partial charge >= 0.3 is 6.18 Å². The van der Waals surface area contributed by atoms with Crippen LogP contribution in [0.25, 0.3) is 55.8 Å². The summed E-state index contributed by atoms with van der Waals surface area (Å²) in [5.41, 5.74) is 3.00. The van der Waals surface area contributed by atoms with E-state index in [-0.39, 0.29) is 39.4 Å². The summed E-state index contributed by atoms with van der Waals surface area (Å²) in [5, 5.41) is 3.27. The topological polar surface area (TPSA) is 110 Å². The predicted octanol–water partition coefficient (Wildman–Crippen LogP) is 6.65. The lowest BCUT2D eigenvalue weighted by Gasteiger charge is -2.23. The average molecular weight is 664 g/mol. The molecule has 0 bridgehead atoms. The smallest absolute Gasteiger partial charge is 0.433 e. The first-order valence-corrected chi connectivity index (χ1v) is 16.2. The Morgan fingerprint density at radius 2 is 1.85 bits per heavy atom. The number of nitrogens with one attached hydrogen (secondary N) is 1. The molecular formula is C33H25F4N5O4S.